The van der Waals surface area contributed by atoms with Crippen molar-refractivity contribution in [2.75, 3.05) is 27.2 Å². The van der Waals surface area contributed by atoms with Crippen molar-refractivity contribution in [1.82, 2.24) is 4.90 Å². The molecule has 0 bridgehead atoms. The topological polar surface area (TPSA) is 21.7 Å². The number of rotatable bonds is 6. The van der Waals surface area contributed by atoms with E-state index in [0.717, 1.165) is 5.56 Å². The summed E-state index contributed by atoms with van der Waals surface area (Å²) in [5.74, 6) is 6.05. The monoisotopic (exact) mass is 513 g/mol. The van der Waals surface area contributed by atoms with Crippen molar-refractivity contribution < 1.29 is 35.8 Å². The number of benzene rings is 2. The molecule has 4 unspecified atom stereocenters. The van der Waals surface area contributed by atoms with Gasteiger partial charge in [0, 0.05) is 12.3 Å². The lowest BCUT2D eigenvalue weighted by molar-refractivity contribution is -0.208. The fraction of sp³-hybridized carbons (Fsp3) is 0.481. The van der Waals surface area contributed by atoms with Crippen LogP contribution < -0.4 is 0 Å². The van der Waals surface area contributed by atoms with Gasteiger partial charge in [-0.1, -0.05) is 36.3 Å². The molecule has 0 spiro atoms. The molecule has 0 radical (unpaired) electrons. The van der Waals surface area contributed by atoms with E-state index in [1.165, 1.54) is 6.92 Å². The van der Waals surface area contributed by atoms with Gasteiger partial charge in [-0.15, -0.1) is 5.92 Å². The van der Waals surface area contributed by atoms with E-state index in [4.69, 9.17) is 9.47 Å². The molecule has 3 nitrogen and oxygen atoms in total. The van der Waals surface area contributed by atoms with E-state index >= 15 is 0 Å². The second-order valence-corrected chi connectivity index (χ2v) is 9.14. The molecule has 196 valence electrons. The minimum atomic E-state index is -4.93. The van der Waals surface area contributed by atoms with Crippen molar-refractivity contribution in [2.45, 2.75) is 50.4 Å². The first-order valence-electron chi connectivity index (χ1n) is 11.6. The minimum absolute atomic E-state index is 0.0419. The zero-order valence-electron chi connectivity index (χ0n) is 20.3. The molecule has 0 aromatic heterocycles. The summed E-state index contributed by atoms with van der Waals surface area (Å²) in [6.45, 7) is 2.38. The Bertz CT molecular complexity index is 1020. The minimum Gasteiger partial charge on any atom is -0.352 e. The first-order valence-corrected chi connectivity index (χ1v) is 11.6. The Morgan fingerprint density at radius 1 is 0.972 bits per heavy atom. The maximum atomic E-state index is 13.3. The van der Waals surface area contributed by atoms with E-state index < -0.39 is 35.9 Å². The van der Waals surface area contributed by atoms with Crippen LogP contribution in [0.4, 0.5) is 26.3 Å². The Kier molecular flexibility index (Phi) is 9.09. The fourth-order valence-corrected chi connectivity index (χ4v) is 4.21. The maximum Gasteiger partial charge on any atom is 0.416 e. The molecular weight excluding hydrogens is 484 g/mol. The lowest BCUT2D eigenvalue weighted by Gasteiger charge is -2.39. The molecule has 1 heterocycles. The van der Waals surface area contributed by atoms with Crippen LogP contribution in [0.1, 0.15) is 54.0 Å². The molecule has 1 aliphatic heterocycles. The third-order valence-electron chi connectivity index (χ3n) is 6.06. The average Bonchev–Trinajstić information content (AvgIpc) is 2.81. The quantitative estimate of drug-likeness (QED) is 0.310. The maximum absolute atomic E-state index is 13.3. The van der Waals surface area contributed by atoms with E-state index in [1.54, 1.807) is 0 Å². The molecule has 2 aromatic rings. The highest BCUT2D eigenvalue weighted by Crippen LogP contribution is 2.42. The summed E-state index contributed by atoms with van der Waals surface area (Å²) in [4.78, 5) is 1.95. The zero-order valence-corrected chi connectivity index (χ0v) is 20.3. The summed E-state index contributed by atoms with van der Waals surface area (Å²) in [7, 11) is 3.83. The van der Waals surface area contributed by atoms with E-state index in [0.29, 0.717) is 38.1 Å². The molecule has 2 aromatic carbocycles. The van der Waals surface area contributed by atoms with E-state index in [2.05, 4.69) is 11.8 Å². The Morgan fingerprint density at radius 3 is 2.14 bits per heavy atom. The average molecular weight is 514 g/mol. The molecule has 0 N–H and O–H groups in total. The number of nitrogens with zero attached hydrogens (tertiary/aromatic N) is 1. The molecule has 4 atom stereocenters. The van der Waals surface area contributed by atoms with Crippen molar-refractivity contribution in [2.24, 2.45) is 5.92 Å². The third-order valence-corrected chi connectivity index (χ3v) is 6.06. The van der Waals surface area contributed by atoms with Gasteiger partial charge >= 0.3 is 12.4 Å². The van der Waals surface area contributed by atoms with Gasteiger partial charge in [0.05, 0.1) is 30.4 Å². The highest BCUT2D eigenvalue weighted by molar-refractivity contribution is 5.35. The van der Waals surface area contributed by atoms with Crippen molar-refractivity contribution in [1.29, 1.82) is 0 Å². The van der Waals surface area contributed by atoms with Crippen molar-refractivity contribution in [3.8, 4) is 11.8 Å². The number of hydrogen-bond donors (Lipinski definition) is 0. The lowest BCUT2D eigenvalue weighted by atomic mass is 9.80. The van der Waals surface area contributed by atoms with E-state index in [9.17, 15) is 26.3 Å². The molecule has 3 rings (SSSR count). The Labute approximate surface area is 207 Å². The summed E-state index contributed by atoms with van der Waals surface area (Å²) < 4.78 is 92.0. The number of hydrogen-bond acceptors (Lipinski definition) is 3. The summed E-state index contributed by atoms with van der Waals surface area (Å²) in [6.07, 6.45) is -10.5. The van der Waals surface area contributed by atoms with Gasteiger partial charge in [0.25, 0.3) is 0 Å². The number of halogens is 6. The summed E-state index contributed by atoms with van der Waals surface area (Å²) in [6, 6.07) is 10.9. The van der Waals surface area contributed by atoms with Gasteiger partial charge in [0.2, 0.25) is 0 Å². The first-order chi connectivity index (χ1) is 16.9. The van der Waals surface area contributed by atoms with Crippen LogP contribution in [0.3, 0.4) is 0 Å². The number of ether oxygens (including phenoxy) is 2. The van der Waals surface area contributed by atoms with Crippen LogP contribution in [0, 0.1) is 17.8 Å². The van der Waals surface area contributed by atoms with Gasteiger partial charge in [-0.05, 0) is 62.7 Å². The SMILES string of the molecule is CC(OC1OCCC(CC#CCN(C)C)C1c1ccccc1)c1cc(C(F)(F)F)cc(C(F)(F)F)c1. The summed E-state index contributed by atoms with van der Waals surface area (Å²) >= 11 is 0. The smallest absolute Gasteiger partial charge is 0.352 e. The predicted molar refractivity (Wildman–Crippen MR) is 124 cm³/mol. The first kappa shape index (κ1) is 28.0. The molecule has 36 heavy (non-hydrogen) atoms. The van der Waals surface area contributed by atoms with Crippen LogP contribution in [0.2, 0.25) is 0 Å². The van der Waals surface area contributed by atoms with Gasteiger partial charge in [-0.25, -0.2) is 0 Å². The second kappa shape index (κ2) is 11.7. The van der Waals surface area contributed by atoms with Crippen LogP contribution in [0.5, 0.6) is 0 Å². The van der Waals surface area contributed by atoms with Crippen LogP contribution >= 0.6 is 0 Å². The zero-order chi connectivity index (χ0) is 26.5. The third kappa shape index (κ3) is 7.48. The van der Waals surface area contributed by atoms with Crippen molar-refractivity contribution in [3.05, 3.63) is 70.8 Å². The molecule has 1 saturated heterocycles. The van der Waals surface area contributed by atoms with Crippen molar-refractivity contribution >= 4 is 0 Å². The number of alkyl halides is 6. The Balaban J connectivity index is 1.90. The summed E-state index contributed by atoms with van der Waals surface area (Å²) in [5, 5.41) is 0. The summed E-state index contributed by atoms with van der Waals surface area (Å²) in [5.41, 5.74) is -2.06. The molecular formula is C27H29F6NO2. The molecule has 9 heteroatoms. The fourth-order valence-electron chi connectivity index (χ4n) is 4.21. The van der Waals surface area contributed by atoms with Crippen LogP contribution in [-0.4, -0.2) is 38.4 Å². The van der Waals surface area contributed by atoms with Crippen LogP contribution in [0.25, 0.3) is 0 Å². The van der Waals surface area contributed by atoms with Gasteiger partial charge in [0.15, 0.2) is 6.29 Å². The van der Waals surface area contributed by atoms with Gasteiger partial charge < -0.3 is 9.47 Å². The lowest BCUT2D eigenvalue weighted by Crippen LogP contribution is -2.37. The van der Waals surface area contributed by atoms with Crippen LogP contribution in [-0.2, 0) is 21.8 Å². The molecule has 1 aliphatic rings. The molecule has 1 fully saturated rings. The Morgan fingerprint density at radius 2 is 1.58 bits per heavy atom. The highest BCUT2D eigenvalue weighted by Gasteiger charge is 2.39. The van der Waals surface area contributed by atoms with Crippen LogP contribution in [0.15, 0.2) is 48.5 Å². The standard InChI is InChI=1S/C27H29F6NO2/c1-18(21-15-22(26(28,29)30)17-23(16-21)27(31,32)33)36-25-24(19-9-5-4-6-10-19)20(12-14-35-25)11-7-8-13-34(2)3/h4-6,9-10,15-18,20,24-25H,11-14H2,1-3H3. The largest absolute Gasteiger partial charge is 0.416 e. The molecule has 0 aliphatic carbocycles. The predicted octanol–water partition coefficient (Wildman–Crippen LogP) is 6.90. The van der Waals surface area contributed by atoms with Gasteiger partial charge in [-0.2, -0.15) is 26.3 Å². The molecule has 0 saturated carbocycles. The van der Waals surface area contributed by atoms with Gasteiger partial charge in [-0.3, -0.25) is 4.90 Å². The second-order valence-electron chi connectivity index (χ2n) is 9.14. The Hall–Kier alpha value is -2.54. The molecule has 0 amide bonds. The normalized spacial score (nSPS) is 21.7. The van der Waals surface area contributed by atoms with E-state index in [1.807, 2.05) is 49.3 Å². The highest BCUT2D eigenvalue weighted by atomic mass is 19.4. The van der Waals surface area contributed by atoms with E-state index in [-0.39, 0.29) is 23.5 Å². The van der Waals surface area contributed by atoms with Crippen molar-refractivity contribution in [3.63, 3.8) is 0 Å². The van der Waals surface area contributed by atoms with Gasteiger partial charge in [0.1, 0.15) is 0 Å².